The molecule has 2 heterocycles. The van der Waals surface area contributed by atoms with Crippen LogP contribution in [0.5, 0.6) is 0 Å². The van der Waals surface area contributed by atoms with Gasteiger partial charge in [-0.2, -0.15) is 0 Å². The van der Waals surface area contributed by atoms with Crippen LogP contribution < -0.4 is 0 Å². The van der Waals surface area contributed by atoms with Crippen LogP contribution in [-0.4, -0.2) is 53.1 Å². The maximum absolute atomic E-state index is 12.5. The van der Waals surface area contributed by atoms with E-state index in [0.29, 0.717) is 24.9 Å². The molecule has 2 saturated heterocycles. The summed E-state index contributed by atoms with van der Waals surface area (Å²) in [6.45, 7) is 7.16. The van der Waals surface area contributed by atoms with E-state index in [0.717, 1.165) is 38.8 Å². The first-order chi connectivity index (χ1) is 9.39. The molecule has 2 rings (SSSR count). The number of likely N-dealkylation sites (tertiary alicyclic amines) is 2. The number of carbonyl (C=O) groups excluding carboxylic acids is 1. The number of nitrogens with zero attached hydrogens (tertiary/aromatic N) is 2. The maximum Gasteiger partial charge on any atom is 0.320 e. The molecule has 0 radical (unpaired) electrons. The highest BCUT2D eigenvalue weighted by Gasteiger charge is 2.32. The van der Waals surface area contributed by atoms with Crippen LogP contribution in [0.25, 0.3) is 0 Å². The second kappa shape index (κ2) is 6.02. The summed E-state index contributed by atoms with van der Waals surface area (Å²) < 4.78 is 0. The summed E-state index contributed by atoms with van der Waals surface area (Å²) in [5, 5.41) is 9.11. The van der Waals surface area contributed by atoms with Crippen molar-refractivity contribution in [2.24, 2.45) is 11.3 Å². The Kier molecular flexibility index (Phi) is 4.55. The predicted molar refractivity (Wildman–Crippen MR) is 76.5 cm³/mol. The molecule has 20 heavy (non-hydrogen) atoms. The smallest absolute Gasteiger partial charge is 0.320 e. The second-order valence-corrected chi connectivity index (χ2v) is 6.91. The lowest BCUT2D eigenvalue weighted by Gasteiger charge is -2.35. The average molecular weight is 282 g/mol. The Morgan fingerprint density at radius 1 is 1.05 bits per heavy atom. The standard InChI is InChI=1S/C15H26N2O3/c1-15(2)6-4-9-16(10-7-15)14(20)17-8-3-5-12(11-17)13(18)19/h12H,3-11H2,1-2H3,(H,18,19). The van der Waals surface area contributed by atoms with Crippen molar-refractivity contribution in [2.75, 3.05) is 26.2 Å². The summed E-state index contributed by atoms with van der Waals surface area (Å²) in [4.78, 5) is 27.3. The van der Waals surface area contributed by atoms with Crippen LogP contribution in [-0.2, 0) is 4.79 Å². The zero-order valence-electron chi connectivity index (χ0n) is 12.6. The fourth-order valence-corrected chi connectivity index (χ4v) is 3.17. The van der Waals surface area contributed by atoms with Crippen molar-refractivity contribution < 1.29 is 14.7 Å². The van der Waals surface area contributed by atoms with Crippen molar-refractivity contribution in [2.45, 2.75) is 46.0 Å². The fourth-order valence-electron chi connectivity index (χ4n) is 3.17. The van der Waals surface area contributed by atoms with Gasteiger partial charge in [-0.05, 0) is 37.5 Å². The molecule has 0 saturated carbocycles. The first kappa shape index (κ1) is 15.1. The molecule has 2 aliphatic rings. The Bertz CT molecular complexity index is 381. The molecule has 2 fully saturated rings. The van der Waals surface area contributed by atoms with Gasteiger partial charge in [0.15, 0.2) is 0 Å². The zero-order valence-corrected chi connectivity index (χ0v) is 12.6. The van der Waals surface area contributed by atoms with Crippen molar-refractivity contribution >= 4 is 12.0 Å². The van der Waals surface area contributed by atoms with Gasteiger partial charge in [-0.25, -0.2) is 4.79 Å². The lowest BCUT2D eigenvalue weighted by atomic mass is 9.85. The lowest BCUT2D eigenvalue weighted by Crippen LogP contribution is -2.49. The zero-order chi connectivity index (χ0) is 14.8. The minimum Gasteiger partial charge on any atom is -0.481 e. The third-order valence-electron chi connectivity index (χ3n) is 4.65. The van der Waals surface area contributed by atoms with Crippen molar-refractivity contribution in [3.8, 4) is 0 Å². The van der Waals surface area contributed by atoms with Crippen molar-refractivity contribution in [3.05, 3.63) is 0 Å². The molecule has 2 aliphatic heterocycles. The molecule has 2 amide bonds. The van der Waals surface area contributed by atoms with Gasteiger partial charge < -0.3 is 14.9 Å². The maximum atomic E-state index is 12.5. The van der Waals surface area contributed by atoms with Gasteiger partial charge in [0.25, 0.3) is 0 Å². The van der Waals surface area contributed by atoms with Crippen LogP contribution in [0.1, 0.15) is 46.0 Å². The van der Waals surface area contributed by atoms with Crippen LogP contribution in [0.3, 0.4) is 0 Å². The van der Waals surface area contributed by atoms with Gasteiger partial charge in [-0.15, -0.1) is 0 Å². The van der Waals surface area contributed by atoms with Gasteiger partial charge in [0, 0.05) is 26.2 Å². The molecular formula is C15H26N2O3. The Morgan fingerprint density at radius 3 is 2.45 bits per heavy atom. The molecule has 0 spiro atoms. The summed E-state index contributed by atoms with van der Waals surface area (Å²) in [6.07, 6.45) is 4.69. The number of hydrogen-bond donors (Lipinski definition) is 1. The van der Waals surface area contributed by atoms with E-state index in [-0.39, 0.29) is 6.03 Å². The number of aliphatic carboxylic acids is 1. The minimum atomic E-state index is -0.778. The van der Waals surface area contributed by atoms with Crippen LogP contribution >= 0.6 is 0 Å². The van der Waals surface area contributed by atoms with E-state index in [1.807, 2.05) is 4.90 Å². The van der Waals surface area contributed by atoms with E-state index >= 15 is 0 Å². The molecule has 0 aromatic heterocycles. The number of piperidine rings is 1. The third-order valence-corrected chi connectivity index (χ3v) is 4.65. The second-order valence-electron chi connectivity index (χ2n) is 6.91. The topological polar surface area (TPSA) is 60.9 Å². The Labute approximate surface area is 120 Å². The molecular weight excluding hydrogens is 256 g/mol. The average Bonchev–Trinajstić information content (AvgIpc) is 2.59. The summed E-state index contributed by atoms with van der Waals surface area (Å²) >= 11 is 0. The van der Waals surface area contributed by atoms with Gasteiger partial charge in [0.2, 0.25) is 0 Å². The molecule has 0 aliphatic carbocycles. The van der Waals surface area contributed by atoms with Crippen molar-refractivity contribution in [1.82, 2.24) is 9.80 Å². The van der Waals surface area contributed by atoms with E-state index in [2.05, 4.69) is 13.8 Å². The highest BCUT2D eigenvalue weighted by atomic mass is 16.4. The van der Waals surface area contributed by atoms with Crippen LogP contribution in [0, 0.1) is 11.3 Å². The molecule has 0 aromatic carbocycles. The molecule has 0 aromatic rings. The molecule has 1 atom stereocenters. The molecule has 1 N–H and O–H groups in total. The lowest BCUT2D eigenvalue weighted by molar-refractivity contribution is -0.143. The van der Waals surface area contributed by atoms with Crippen molar-refractivity contribution in [3.63, 3.8) is 0 Å². The minimum absolute atomic E-state index is 0.0358. The number of carboxylic acid groups (broad SMARTS) is 1. The highest BCUT2D eigenvalue weighted by Crippen LogP contribution is 2.30. The van der Waals surface area contributed by atoms with Gasteiger partial charge in [-0.1, -0.05) is 13.8 Å². The number of amides is 2. The van der Waals surface area contributed by atoms with Crippen LogP contribution in [0.2, 0.25) is 0 Å². The summed E-state index contributed by atoms with van der Waals surface area (Å²) in [6, 6.07) is 0.0358. The number of urea groups is 1. The van der Waals surface area contributed by atoms with E-state index < -0.39 is 11.9 Å². The largest absolute Gasteiger partial charge is 0.481 e. The number of carbonyl (C=O) groups is 2. The normalized spacial score (nSPS) is 27.0. The quantitative estimate of drug-likeness (QED) is 0.803. The van der Waals surface area contributed by atoms with E-state index in [9.17, 15) is 9.59 Å². The summed E-state index contributed by atoms with van der Waals surface area (Å²) in [7, 11) is 0. The fraction of sp³-hybridized carbons (Fsp3) is 0.867. The van der Waals surface area contributed by atoms with Gasteiger partial charge in [-0.3, -0.25) is 4.79 Å². The molecule has 0 bridgehead atoms. The number of carboxylic acids is 1. The summed E-state index contributed by atoms with van der Waals surface area (Å²) in [5.74, 6) is -1.17. The monoisotopic (exact) mass is 282 g/mol. The first-order valence-electron chi connectivity index (χ1n) is 7.66. The Balaban J connectivity index is 1.95. The first-order valence-corrected chi connectivity index (χ1v) is 7.66. The van der Waals surface area contributed by atoms with Crippen LogP contribution in [0.4, 0.5) is 4.79 Å². The van der Waals surface area contributed by atoms with Crippen LogP contribution in [0.15, 0.2) is 0 Å². The van der Waals surface area contributed by atoms with Gasteiger partial charge >= 0.3 is 12.0 Å². The van der Waals surface area contributed by atoms with Gasteiger partial charge in [0.1, 0.15) is 0 Å². The van der Waals surface area contributed by atoms with E-state index in [1.54, 1.807) is 4.90 Å². The predicted octanol–water partition coefficient (Wildman–Crippen LogP) is 2.42. The molecule has 1 unspecified atom stereocenters. The van der Waals surface area contributed by atoms with Gasteiger partial charge in [0.05, 0.1) is 5.92 Å². The third kappa shape index (κ3) is 3.64. The number of rotatable bonds is 1. The number of hydrogen-bond acceptors (Lipinski definition) is 2. The van der Waals surface area contributed by atoms with E-state index in [4.69, 9.17) is 5.11 Å². The van der Waals surface area contributed by atoms with E-state index in [1.165, 1.54) is 0 Å². The molecule has 114 valence electrons. The Hall–Kier alpha value is -1.26. The summed E-state index contributed by atoms with van der Waals surface area (Å²) in [5.41, 5.74) is 0.306. The SMILES string of the molecule is CC1(C)CCCN(C(=O)N2CCCC(C(=O)O)C2)CC1. The molecule has 5 heteroatoms. The Morgan fingerprint density at radius 2 is 1.75 bits per heavy atom. The van der Waals surface area contributed by atoms with Crippen molar-refractivity contribution in [1.29, 1.82) is 0 Å². The molecule has 5 nitrogen and oxygen atoms in total. The highest BCUT2D eigenvalue weighted by molar-refractivity contribution is 5.76.